The third-order valence-corrected chi connectivity index (χ3v) is 2.77. The van der Waals surface area contributed by atoms with E-state index < -0.39 is 11.8 Å². The van der Waals surface area contributed by atoms with Crippen LogP contribution in [0.1, 0.15) is 13.3 Å². The molecule has 1 heterocycles. The van der Waals surface area contributed by atoms with Gasteiger partial charge < -0.3 is 14.6 Å². The zero-order valence-electron chi connectivity index (χ0n) is 9.52. The summed E-state index contributed by atoms with van der Waals surface area (Å²) in [5.74, 6) is -1.05. The summed E-state index contributed by atoms with van der Waals surface area (Å²) in [5, 5.41) is 8.61. The number of carboxylic acid groups (broad SMARTS) is 1. The topological polar surface area (TPSA) is 59.0 Å². The molecule has 0 radical (unpaired) electrons. The van der Waals surface area contributed by atoms with Crippen LogP contribution in [0, 0.1) is 5.92 Å². The average Bonchev–Trinajstić information content (AvgIpc) is 2.09. The number of hydrogen-bond donors (Lipinski definition) is 1. The Hall–Kier alpha value is -0.650. The SMILES string of the molecule is COC1(OC)CN(CC(C)CC(=O)O)C1. The van der Waals surface area contributed by atoms with Crippen LogP contribution in [-0.4, -0.2) is 55.6 Å². The van der Waals surface area contributed by atoms with Crippen LogP contribution in [0.15, 0.2) is 0 Å². The maximum atomic E-state index is 10.5. The van der Waals surface area contributed by atoms with Gasteiger partial charge in [-0.2, -0.15) is 0 Å². The predicted molar refractivity (Wildman–Crippen MR) is 54.6 cm³/mol. The van der Waals surface area contributed by atoms with Gasteiger partial charge in [0.1, 0.15) is 0 Å². The van der Waals surface area contributed by atoms with Crippen LogP contribution in [0.5, 0.6) is 0 Å². The molecule has 0 spiro atoms. The normalized spacial score (nSPS) is 22.1. The molecule has 0 aromatic carbocycles. The van der Waals surface area contributed by atoms with Crippen molar-refractivity contribution in [3.63, 3.8) is 0 Å². The first-order valence-corrected chi connectivity index (χ1v) is 5.06. The molecular formula is C10H19NO4. The largest absolute Gasteiger partial charge is 0.481 e. The average molecular weight is 217 g/mol. The summed E-state index contributed by atoms with van der Waals surface area (Å²) in [7, 11) is 3.25. The molecule has 1 unspecified atom stereocenters. The second kappa shape index (κ2) is 4.92. The van der Waals surface area contributed by atoms with Gasteiger partial charge in [0, 0.05) is 27.2 Å². The maximum absolute atomic E-state index is 10.5. The first-order valence-electron chi connectivity index (χ1n) is 5.06. The molecule has 1 fully saturated rings. The summed E-state index contributed by atoms with van der Waals surface area (Å²) in [6, 6.07) is 0. The molecule has 5 heteroatoms. The second-order valence-corrected chi connectivity index (χ2v) is 4.19. The summed E-state index contributed by atoms with van der Waals surface area (Å²) < 4.78 is 10.5. The fourth-order valence-electron chi connectivity index (χ4n) is 1.91. The number of ether oxygens (including phenoxy) is 2. The molecule has 15 heavy (non-hydrogen) atoms. The quantitative estimate of drug-likeness (QED) is 0.653. The number of aliphatic carboxylic acids is 1. The van der Waals surface area contributed by atoms with Crippen LogP contribution in [0.25, 0.3) is 0 Å². The van der Waals surface area contributed by atoms with Gasteiger partial charge in [0.05, 0.1) is 13.1 Å². The lowest BCUT2D eigenvalue weighted by molar-refractivity contribution is -0.276. The highest BCUT2D eigenvalue weighted by Crippen LogP contribution is 2.26. The van der Waals surface area contributed by atoms with Crippen molar-refractivity contribution in [2.75, 3.05) is 33.9 Å². The second-order valence-electron chi connectivity index (χ2n) is 4.19. The van der Waals surface area contributed by atoms with Crippen LogP contribution in [0.2, 0.25) is 0 Å². The summed E-state index contributed by atoms with van der Waals surface area (Å²) in [6.45, 7) is 4.14. The molecule has 1 aliphatic heterocycles. The number of nitrogens with zero attached hydrogens (tertiary/aromatic N) is 1. The summed E-state index contributed by atoms with van der Waals surface area (Å²) in [4.78, 5) is 12.6. The molecule has 5 nitrogen and oxygen atoms in total. The lowest BCUT2D eigenvalue weighted by Gasteiger charge is -2.48. The van der Waals surface area contributed by atoms with Gasteiger partial charge in [-0.05, 0) is 5.92 Å². The van der Waals surface area contributed by atoms with E-state index in [1.54, 1.807) is 14.2 Å². The van der Waals surface area contributed by atoms with Gasteiger partial charge in [-0.15, -0.1) is 0 Å². The molecule has 0 bridgehead atoms. The van der Waals surface area contributed by atoms with Gasteiger partial charge in [-0.1, -0.05) is 6.92 Å². The lowest BCUT2D eigenvalue weighted by atomic mass is 10.0. The van der Waals surface area contributed by atoms with Gasteiger partial charge in [0.15, 0.2) is 5.79 Å². The Kier molecular flexibility index (Phi) is 4.07. The number of hydrogen-bond acceptors (Lipinski definition) is 4. The number of rotatable bonds is 6. The van der Waals surface area contributed by atoms with E-state index in [1.165, 1.54) is 0 Å². The fraction of sp³-hybridized carbons (Fsp3) is 0.900. The van der Waals surface area contributed by atoms with Crippen LogP contribution in [0.4, 0.5) is 0 Å². The molecule has 1 rings (SSSR count). The number of methoxy groups -OCH3 is 2. The Morgan fingerprint density at radius 3 is 2.40 bits per heavy atom. The number of carbonyl (C=O) groups is 1. The minimum atomic E-state index is -0.743. The molecule has 0 amide bonds. The first-order chi connectivity index (χ1) is 7.01. The van der Waals surface area contributed by atoms with E-state index in [1.807, 2.05) is 6.92 Å². The van der Waals surface area contributed by atoms with Gasteiger partial charge in [0.2, 0.25) is 0 Å². The summed E-state index contributed by atoms with van der Waals surface area (Å²) in [6.07, 6.45) is 0.212. The molecule has 1 N–H and O–H groups in total. The van der Waals surface area contributed by atoms with E-state index in [-0.39, 0.29) is 12.3 Å². The lowest BCUT2D eigenvalue weighted by Crippen LogP contribution is -2.64. The van der Waals surface area contributed by atoms with Crippen molar-refractivity contribution in [3.8, 4) is 0 Å². The molecule has 0 saturated carbocycles. The minimum Gasteiger partial charge on any atom is -0.481 e. The van der Waals surface area contributed by atoms with Crippen molar-refractivity contribution < 1.29 is 19.4 Å². The number of likely N-dealkylation sites (tertiary alicyclic amines) is 1. The Labute approximate surface area is 90.0 Å². The van der Waals surface area contributed by atoms with E-state index >= 15 is 0 Å². The highest BCUT2D eigenvalue weighted by molar-refractivity contribution is 5.66. The molecule has 0 aliphatic carbocycles. The standard InChI is InChI=1S/C10H19NO4/c1-8(4-9(12)13)5-11-6-10(7-11,14-2)15-3/h8H,4-7H2,1-3H3,(H,12,13). The fourth-order valence-corrected chi connectivity index (χ4v) is 1.91. The van der Waals surface area contributed by atoms with E-state index in [0.29, 0.717) is 13.1 Å². The zero-order chi connectivity index (χ0) is 11.5. The van der Waals surface area contributed by atoms with Crippen LogP contribution < -0.4 is 0 Å². The number of carboxylic acids is 1. The van der Waals surface area contributed by atoms with Crippen LogP contribution in [-0.2, 0) is 14.3 Å². The maximum Gasteiger partial charge on any atom is 0.303 e. The van der Waals surface area contributed by atoms with Gasteiger partial charge in [-0.25, -0.2) is 0 Å². The van der Waals surface area contributed by atoms with Gasteiger partial charge >= 0.3 is 5.97 Å². The highest BCUT2D eigenvalue weighted by Gasteiger charge is 2.43. The Morgan fingerprint density at radius 2 is 2.00 bits per heavy atom. The van der Waals surface area contributed by atoms with Crippen molar-refractivity contribution in [1.29, 1.82) is 0 Å². The molecule has 1 saturated heterocycles. The summed E-state index contributed by atoms with van der Waals surface area (Å²) in [5.41, 5.74) is 0. The van der Waals surface area contributed by atoms with Crippen molar-refractivity contribution in [3.05, 3.63) is 0 Å². The molecule has 0 aromatic heterocycles. The van der Waals surface area contributed by atoms with E-state index in [4.69, 9.17) is 14.6 Å². The van der Waals surface area contributed by atoms with Crippen molar-refractivity contribution in [1.82, 2.24) is 4.90 Å². The smallest absolute Gasteiger partial charge is 0.303 e. The Morgan fingerprint density at radius 1 is 1.47 bits per heavy atom. The Balaban J connectivity index is 2.24. The predicted octanol–water partition coefficient (Wildman–Crippen LogP) is 0.402. The third kappa shape index (κ3) is 3.15. The zero-order valence-corrected chi connectivity index (χ0v) is 9.52. The molecular weight excluding hydrogens is 198 g/mol. The first kappa shape index (κ1) is 12.4. The third-order valence-electron chi connectivity index (χ3n) is 2.77. The Bertz CT molecular complexity index is 219. The molecule has 88 valence electrons. The highest BCUT2D eigenvalue weighted by atomic mass is 16.7. The summed E-state index contributed by atoms with van der Waals surface area (Å²) >= 11 is 0. The van der Waals surface area contributed by atoms with Crippen molar-refractivity contribution >= 4 is 5.97 Å². The van der Waals surface area contributed by atoms with E-state index in [0.717, 1.165) is 6.54 Å². The van der Waals surface area contributed by atoms with Crippen LogP contribution >= 0.6 is 0 Å². The van der Waals surface area contributed by atoms with Crippen LogP contribution in [0.3, 0.4) is 0 Å². The van der Waals surface area contributed by atoms with Crippen molar-refractivity contribution in [2.24, 2.45) is 5.92 Å². The van der Waals surface area contributed by atoms with Crippen molar-refractivity contribution in [2.45, 2.75) is 19.1 Å². The molecule has 1 aliphatic rings. The van der Waals surface area contributed by atoms with E-state index in [2.05, 4.69) is 4.90 Å². The monoisotopic (exact) mass is 217 g/mol. The van der Waals surface area contributed by atoms with Gasteiger partial charge in [-0.3, -0.25) is 9.69 Å². The molecule has 0 aromatic rings. The minimum absolute atomic E-state index is 0.161. The van der Waals surface area contributed by atoms with E-state index in [9.17, 15) is 4.79 Å². The molecule has 1 atom stereocenters. The van der Waals surface area contributed by atoms with Gasteiger partial charge in [0.25, 0.3) is 0 Å².